The number of hydrogen-bond donors (Lipinski definition) is 2. The van der Waals surface area contributed by atoms with Crippen LogP contribution in [-0.4, -0.2) is 43.0 Å². The number of carboxylic acid groups (broad SMARTS) is 1. The number of nitrogens with one attached hydrogen (secondary N) is 1. The van der Waals surface area contributed by atoms with Crippen LogP contribution >= 0.6 is 0 Å². The zero-order valence-electron chi connectivity index (χ0n) is 13.0. The van der Waals surface area contributed by atoms with Crippen LogP contribution in [0.25, 0.3) is 11.3 Å². The van der Waals surface area contributed by atoms with Gasteiger partial charge in [0, 0.05) is 18.1 Å². The molecule has 126 valence electrons. The number of aliphatic carboxylic acids is 1. The van der Waals surface area contributed by atoms with E-state index in [-0.39, 0.29) is 18.7 Å². The van der Waals surface area contributed by atoms with Crippen molar-refractivity contribution in [2.45, 2.75) is 19.0 Å². The Balaban J connectivity index is 1.64. The first-order chi connectivity index (χ1) is 12.1. The number of nitrogens with zero attached hydrogens (tertiary/aromatic N) is 3. The molecule has 0 spiro atoms. The molecule has 0 saturated heterocycles. The van der Waals surface area contributed by atoms with Crippen molar-refractivity contribution in [2.75, 3.05) is 0 Å². The van der Waals surface area contributed by atoms with E-state index >= 15 is 0 Å². The van der Waals surface area contributed by atoms with Crippen molar-refractivity contribution in [1.29, 1.82) is 0 Å². The number of carbonyl (C=O) groups is 2. The minimum atomic E-state index is -1.08. The summed E-state index contributed by atoms with van der Waals surface area (Å²) in [5, 5.41) is 13.3. The molecule has 1 aliphatic rings. The molecule has 2 aromatic heterocycles. The molecular weight excluding hydrogens is 324 g/mol. The summed E-state index contributed by atoms with van der Waals surface area (Å²) in [4.78, 5) is 32.7. The topological polar surface area (TPSA) is 112 Å². The first-order valence-corrected chi connectivity index (χ1v) is 7.70. The summed E-state index contributed by atoms with van der Waals surface area (Å²) in [6, 6.07) is 9.80. The lowest BCUT2D eigenvalue weighted by Crippen LogP contribution is -2.48. The van der Waals surface area contributed by atoms with Crippen LogP contribution in [0.1, 0.15) is 21.9 Å². The molecule has 1 aliphatic heterocycles. The van der Waals surface area contributed by atoms with Crippen LogP contribution in [0.5, 0.6) is 0 Å². The predicted molar refractivity (Wildman–Crippen MR) is 85.5 cm³/mol. The Morgan fingerprint density at radius 2 is 2.08 bits per heavy atom. The van der Waals surface area contributed by atoms with Gasteiger partial charge in [0.2, 0.25) is 0 Å². The van der Waals surface area contributed by atoms with Gasteiger partial charge in [0.25, 0.3) is 5.91 Å². The summed E-state index contributed by atoms with van der Waals surface area (Å²) in [6.07, 6.45) is 1.66. The van der Waals surface area contributed by atoms with Gasteiger partial charge in [-0.3, -0.25) is 4.79 Å². The molecule has 3 heterocycles. The summed E-state index contributed by atoms with van der Waals surface area (Å²) in [6.45, 7) is 0.138. The number of rotatable bonds is 3. The molecule has 0 radical (unpaired) electrons. The van der Waals surface area contributed by atoms with Gasteiger partial charge < -0.3 is 19.5 Å². The van der Waals surface area contributed by atoms with Crippen molar-refractivity contribution in [3.63, 3.8) is 0 Å². The van der Waals surface area contributed by atoms with E-state index in [4.69, 9.17) is 4.52 Å². The van der Waals surface area contributed by atoms with E-state index in [1.165, 1.54) is 17.3 Å². The van der Waals surface area contributed by atoms with Crippen LogP contribution in [0, 0.1) is 0 Å². The Bertz CT molecular complexity index is 931. The van der Waals surface area contributed by atoms with Gasteiger partial charge >= 0.3 is 5.97 Å². The molecule has 0 saturated carbocycles. The zero-order valence-corrected chi connectivity index (χ0v) is 13.0. The predicted octanol–water partition coefficient (Wildman–Crippen LogP) is 1.72. The zero-order chi connectivity index (χ0) is 17.4. The number of benzene rings is 1. The van der Waals surface area contributed by atoms with E-state index in [2.05, 4.69) is 15.1 Å². The highest BCUT2D eigenvalue weighted by Gasteiger charge is 2.37. The van der Waals surface area contributed by atoms with Crippen molar-refractivity contribution < 1.29 is 19.2 Å². The highest BCUT2D eigenvalue weighted by Crippen LogP contribution is 2.25. The Hall–Kier alpha value is -3.42. The van der Waals surface area contributed by atoms with Crippen LogP contribution in [0.15, 0.2) is 47.2 Å². The van der Waals surface area contributed by atoms with Gasteiger partial charge in [0.15, 0.2) is 11.5 Å². The number of carboxylic acids is 1. The number of fused-ring (bicyclic) bond motifs is 1. The Kier molecular flexibility index (Phi) is 3.57. The van der Waals surface area contributed by atoms with E-state index in [0.717, 1.165) is 11.3 Å². The van der Waals surface area contributed by atoms with Crippen LogP contribution in [0.2, 0.25) is 0 Å². The van der Waals surface area contributed by atoms with Gasteiger partial charge in [-0.25, -0.2) is 9.78 Å². The normalized spacial score (nSPS) is 16.5. The van der Waals surface area contributed by atoms with E-state index in [1.54, 1.807) is 0 Å². The van der Waals surface area contributed by atoms with Crippen molar-refractivity contribution in [3.05, 3.63) is 59.8 Å². The van der Waals surface area contributed by atoms with Gasteiger partial charge in [0.1, 0.15) is 6.04 Å². The first-order valence-electron chi connectivity index (χ1n) is 7.70. The molecule has 8 nitrogen and oxygen atoms in total. The van der Waals surface area contributed by atoms with Crippen molar-refractivity contribution in [1.82, 2.24) is 20.0 Å². The van der Waals surface area contributed by atoms with E-state index in [0.29, 0.717) is 11.5 Å². The largest absolute Gasteiger partial charge is 0.480 e. The van der Waals surface area contributed by atoms with Gasteiger partial charge in [-0.1, -0.05) is 35.5 Å². The summed E-state index contributed by atoms with van der Waals surface area (Å²) in [5.41, 5.74) is 2.27. The first kappa shape index (κ1) is 15.1. The smallest absolute Gasteiger partial charge is 0.326 e. The number of hydrogen-bond acceptors (Lipinski definition) is 5. The molecule has 25 heavy (non-hydrogen) atoms. The molecule has 1 amide bonds. The average Bonchev–Trinajstić information content (AvgIpc) is 3.29. The number of aromatic amines is 1. The fourth-order valence-electron chi connectivity index (χ4n) is 2.93. The monoisotopic (exact) mass is 338 g/mol. The second-order valence-electron chi connectivity index (χ2n) is 5.76. The Labute approximate surface area is 142 Å². The molecule has 3 aromatic rings. The van der Waals surface area contributed by atoms with Gasteiger partial charge in [-0.2, -0.15) is 0 Å². The Morgan fingerprint density at radius 1 is 1.28 bits per heavy atom. The fraction of sp³-hybridized carbons (Fsp3) is 0.176. The van der Waals surface area contributed by atoms with E-state index < -0.39 is 17.9 Å². The molecule has 0 aliphatic carbocycles. The molecule has 0 fully saturated rings. The highest BCUT2D eigenvalue weighted by atomic mass is 16.5. The van der Waals surface area contributed by atoms with Crippen molar-refractivity contribution in [3.8, 4) is 11.3 Å². The molecule has 8 heteroatoms. The third-order valence-electron chi connectivity index (χ3n) is 4.23. The lowest BCUT2D eigenvalue weighted by Gasteiger charge is -2.31. The van der Waals surface area contributed by atoms with Crippen LogP contribution < -0.4 is 0 Å². The number of carbonyl (C=O) groups excluding carboxylic acids is 1. The molecule has 4 rings (SSSR count). The fourth-order valence-corrected chi connectivity index (χ4v) is 2.93. The quantitative estimate of drug-likeness (QED) is 0.752. The maximum absolute atomic E-state index is 12.8. The van der Waals surface area contributed by atoms with Gasteiger partial charge in [-0.05, 0) is 0 Å². The van der Waals surface area contributed by atoms with Crippen LogP contribution in [0.3, 0.4) is 0 Å². The van der Waals surface area contributed by atoms with E-state index in [1.807, 2.05) is 30.3 Å². The minimum Gasteiger partial charge on any atom is -0.480 e. The summed E-state index contributed by atoms with van der Waals surface area (Å²) in [5.74, 6) is -1.11. The number of aromatic nitrogens is 3. The molecule has 1 atom stereocenters. The molecule has 0 unspecified atom stereocenters. The Morgan fingerprint density at radius 3 is 2.84 bits per heavy atom. The molecular formula is C17H14N4O4. The maximum atomic E-state index is 12.8. The van der Waals surface area contributed by atoms with Crippen molar-refractivity contribution in [2.24, 2.45) is 0 Å². The van der Waals surface area contributed by atoms with Crippen LogP contribution in [-0.2, 0) is 17.8 Å². The van der Waals surface area contributed by atoms with Crippen molar-refractivity contribution >= 4 is 11.9 Å². The third-order valence-corrected chi connectivity index (χ3v) is 4.23. The third kappa shape index (κ3) is 2.67. The van der Waals surface area contributed by atoms with Gasteiger partial charge in [0.05, 0.1) is 24.3 Å². The highest BCUT2D eigenvalue weighted by molar-refractivity contribution is 5.96. The SMILES string of the molecule is O=C(O)[C@H]1Cc2nc[nH]c2CN1C(=O)c1cc(-c2ccccc2)on1. The summed E-state index contributed by atoms with van der Waals surface area (Å²) >= 11 is 0. The van der Waals surface area contributed by atoms with Gasteiger partial charge in [-0.15, -0.1) is 0 Å². The average molecular weight is 338 g/mol. The second kappa shape index (κ2) is 5.90. The summed E-state index contributed by atoms with van der Waals surface area (Å²) < 4.78 is 5.25. The number of imidazole rings is 1. The standard InChI is InChI=1S/C17H14N4O4/c22-16(12-7-15(25-20-12)10-4-2-1-3-5-10)21-8-13-11(18-9-19-13)6-14(21)17(23)24/h1-5,7,9,14H,6,8H2,(H,18,19)(H,23,24)/t14-/m1/s1. The number of amides is 1. The number of H-pyrrole nitrogens is 1. The minimum absolute atomic E-state index is 0.0769. The second-order valence-corrected chi connectivity index (χ2v) is 5.76. The van der Waals surface area contributed by atoms with E-state index in [9.17, 15) is 14.7 Å². The van der Waals surface area contributed by atoms with Crippen LogP contribution in [0.4, 0.5) is 0 Å². The maximum Gasteiger partial charge on any atom is 0.326 e. The molecule has 1 aromatic carbocycles. The lowest BCUT2D eigenvalue weighted by molar-refractivity contribution is -0.142. The summed E-state index contributed by atoms with van der Waals surface area (Å²) in [7, 11) is 0. The molecule has 2 N–H and O–H groups in total. The lowest BCUT2D eigenvalue weighted by atomic mass is 10.0. The molecule has 0 bridgehead atoms.